The van der Waals surface area contributed by atoms with Crippen molar-refractivity contribution in [3.8, 4) is 0 Å². The van der Waals surface area contributed by atoms with E-state index in [0.29, 0.717) is 5.56 Å². The van der Waals surface area contributed by atoms with Gasteiger partial charge in [-0.3, -0.25) is 4.98 Å². The first-order valence-corrected chi connectivity index (χ1v) is 5.73. The zero-order valence-electron chi connectivity index (χ0n) is 10.3. The van der Waals surface area contributed by atoms with Gasteiger partial charge in [-0.15, -0.1) is 0 Å². The lowest BCUT2D eigenvalue weighted by molar-refractivity contribution is -0.137. The smallest absolute Gasteiger partial charge is 0.265 e. The monoisotopic (exact) mass is 263 g/mol. The largest absolute Gasteiger partial charge is 0.416 e. The van der Waals surface area contributed by atoms with Crippen molar-refractivity contribution in [1.82, 2.24) is 4.98 Å². The molecule has 19 heavy (non-hydrogen) atoms. The van der Waals surface area contributed by atoms with E-state index in [1.54, 1.807) is 43.6 Å². The lowest BCUT2D eigenvalue weighted by atomic mass is 10.0. The highest BCUT2D eigenvalue weighted by molar-refractivity contribution is 5.71. The van der Waals surface area contributed by atoms with E-state index >= 15 is 0 Å². The molecule has 0 unspecified atom stereocenters. The normalized spacial score (nSPS) is 12.0. The fraction of sp³-hybridized carbons (Fsp3) is 0.133. The molecule has 0 atom stereocenters. The van der Waals surface area contributed by atoms with Gasteiger partial charge in [0.05, 0.1) is 5.56 Å². The topological polar surface area (TPSA) is 12.9 Å². The molecule has 0 saturated carbocycles. The summed E-state index contributed by atoms with van der Waals surface area (Å²) >= 11 is 0. The fourth-order valence-corrected chi connectivity index (χ4v) is 1.72. The second-order valence-electron chi connectivity index (χ2n) is 4.20. The first-order valence-electron chi connectivity index (χ1n) is 5.73. The van der Waals surface area contributed by atoms with E-state index in [0.717, 1.165) is 11.6 Å². The molecule has 1 aromatic heterocycles. The quantitative estimate of drug-likeness (QED) is 0.772. The molecular weight excluding hydrogens is 251 g/mol. The van der Waals surface area contributed by atoms with Crippen LogP contribution in [0.4, 0.5) is 13.2 Å². The van der Waals surface area contributed by atoms with Crippen molar-refractivity contribution < 1.29 is 13.2 Å². The van der Waals surface area contributed by atoms with Crippen molar-refractivity contribution in [2.24, 2.45) is 0 Å². The lowest BCUT2D eigenvalue weighted by Gasteiger charge is -2.11. The van der Waals surface area contributed by atoms with E-state index in [2.05, 4.69) is 4.98 Å². The second kappa shape index (κ2) is 5.26. The Morgan fingerprint density at radius 2 is 1.68 bits per heavy atom. The van der Waals surface area contributed by atoms with Gasteiger partial charge in [0, 0.05) is 12.4 Å². The summed E-state index contributed by atoms with van der Waals surface area (Å²) in [6, 6.07) is 7.78. The number of alkyl halides is 3. The number of aryl methyl sites for hydroxylation is 1. The minimum atomic E-state index is -4.34. The molecular formula is C15H12F3N. The Kier molecular flexibility index (Phi) is 3.69. The summed E-state index contributed by atoms with van der Waals surface area (Å²) in [5.41, 5.74) is 0.949. The van der Waals surface area contributed by atoms with Gasteiger partial charge in [0.1, 0.15) is 0 Å². The van der Waals surface area contributed by atoms with Crippen molar-refractivity contribution in [1.29, 1.82) is 0 Å². The number of halogens is 3. The Labute approximate surface area is 109 Å². The predicted octanol–water partition coefficient (Wildman–Crippen LogP) is 4.58. The lowest BCUT2D eigenvalue weighted by Crippen LogP contribution is -2.07. The van der Waals surface area contributed by atoms with Crippen molar-refractivity contribution in [2.75, 3.05) is 0 Å². The van der Waals surface area contributed by atoms with E-state index in [1.807, 2.05) is 0 Å². The fourth-order valence-electron chi connectivity index (χ4n) is 1.72. The molecule has 0 bridgehead atoms. The summed E-state index contributed by atoms with van der Waals surface area (Å²) in [4.78, 5) is 3.85. The molecule has 1 aromatic carbocycles. The molecule has 2 aromatic rings. The van der Waals surface area contributed by atoms with Crippen LogP contribution in [0.2, 0.25) is 0 Å². The van der Waals surface area contributed by atoms with E-state index < -0.39 is 11.7 Å². The molecule has 98 valence electrons. The van der Waals surface area contributed by atoms with Gasteiger partial charge in [-0.05, 0) is 36.2 Å². The molecule has 2 rings (SSSR count). The summed E-state index contributed by atoms with van der Waals surface area (Å²) in [6.07, 6.45) is 1.96. The summed E-state index contributed by atoms with van der Waals surface area (Å²) < 4.78 is 38.7. The molecule has 1 heterocycles. The SMILES string of the molecule is Cc1ccc(C=Cc2ccncc2)c(C(F)(F)F)c1. The average molecular weight is 263 g/mol. The van der Waals surface area contributed by atoms with E-state index in [-0.39, 0.29) is 5.56 Å². The van der Waals surface area contributed by atoms with Crippen LogP contribution in [0.15, 0.2) is 42.7 Å². The molecule has 0 fully saturated rings. The summed E-state index contributed by atoms with van der Waals surface area (Å²) in [6.45, 7) is 1.64. The maximum Gasteiger partial charge on any atom is 0.416 e. The highest BCUT2D eigenvalue weighted by atomic mass is 19.4. The predicted molar refractivity (Wildman–Crippen MR) is 69.3 cm³/mol. The van der Waals surface area contributed by atoms with Gasteiger partial charge in [0.2, 0.25) is 0 Å². The molecule has 4 heteroatoms. The number of aromatic nitrogens is 1. The Morgan fingerprint density at radius 1 is 1.00 bits per heavy atom. The van der Waals surface area contributed by atoms with Crippen LogP contribution in [0, 0.1) is 6.92 Å². The molecule has 0 saturated heterocycles. The van der Waals surface area contributed by atoms with Gasteiger partial charge < -0.3 is 0 Å². The molecule has 0 aliphatic heterocycles. The zero-order chi connectivity index (χ0) is 13.9. The Morgan fingerprint density at radius 3 is 2.32 bits per heavy atom. The Balaban J connectivity index is 2.38. The number of nitrogens with zero attached hydrogens (tertiary/aromatic N) is 1. The van der Waals surface area contributed by atoms with E-state index in [9.17, 15) is 13.2 Å². The molecule has 0 aliphatic carbocycles. The molecule has 0 aliphatic rings. The van der Waals surface area contributed by atoms with Crippen molar-refractivity contribution in [3.63, 3.8) is 0 Å². The molecule has 0 N–H and O–H groups in total. The summed E-state index contributed by atoms with van der Waals surface area (Å²) in [5.74, 6) is 0. The van der Waals surface area contributed by atoms with Crippen LogP contribution in [0.3, 0.4) is 0 Å². The summed E-state index contributed by atoms with van der Waals surface area (Å²) in [5, 5.41) is 0. The molecule has 1 nitrogen and oxygen atoms in total. The van der Waals surface area contributed by atoms with Crippen LogP contribution in [0.25, 0.3) is 12.2 Å². The number of hydrogen-bond donors (Lipinski definition) is 0. The standard InChI is InChI=1S/C15H12F3N/c1-11-2-4-13(14(10-11)15(16,17)18)5-3-12-6-8-19-9-7-12/h2-10H,1H3. The number of benzene rings is 1. The first-order chi connectivity index (χ1) is 8.97. The highest BCUT2D eigenvalue weighted by Gasteiger charge is 2.32. The van der Waals surface area contributed by atoms with E-state index in [4.69, 9.17) is 0 Å². The third-order valence-corrected chi connectivity index (χ3v) is 2.68. The number of pyridine rings is 1. The Hall–Kier alpha value is -2.10. The van der Waals surface area contributed by atoms with Crippen LogP contribution in [0.5, 0.6) is 0 Å². The third kappa shape index (κ3) is 3.44. The molecule has 0 amide bonds. The molecule has 0 spiro atoms. The van der Waals surface area contributed by atoms with Crippen molar-refractivity contribution in [3.05, 3.63) is 65.0 Å². The minimum absolute atomic E-state index is 0.162. The van der Waals surface area contributed by atoms with Gasteiger partial charge in [-0.1, -0.05) is 29.8 Å². The average Bonchev–Trinajstić information content (AvgIpc) is 2.37. The van der Waals surface area contributed by atoms with Gasteiger partial charge in [0.15, 0.2) is 0 Å². The maximum absolute atomic E-state index is 12.9. The van der Waals surface area contributed by atoms with Gasteiger partial charge in [-0.25, -0.2) is 0 Å². The van der Waals surface area contributed by atoms with Crippen molar-refractivity contribution in [2.45, 2.75) is 13.1 Å². The van der Waals surface area contributed by atoms with E-state index in [1.165, 1.54) is 12.1 Å². The van der Waals surface area contributed by atoms with Gasteiger partial charge in [-0.2, -0.15) is 13.2 Å². The van der Waals surface area contributed by atoms with Gasteiger partial charge in [0.25, 0.3) is 0 Å². The highest BCUT2D eigenvalue weighted by Crippen LogP contribution is 2.33. The van der Waals surface area contributed by atoms with Crippen LogP contribution in [-0.4, -0.2) is 4.98 Å². The first kappa shape index (κ1) is 13.3. The number of hydrogen-bond acceptors (Lipinski definition) is 1. The third-order valence-electron chi connectivity index (χ3n) is 2.68. The van der Waals surface area contributed by atoms with Crippen LogP contribution >= 0.6 is 0 Å². The van der Waals surface area contributed by atoms with Crippen LogP contribution < -0.4 is 0 Å². The summed E-state index contributed by atoms with van der Waals surface area (Å²) in [7, 11) is 0. The zero-order valence-corrected chi connectivity index (χ0v) is 10.3. The number of rotatable bonds is 2. The van der Waals surface area contributed by atoms with Crippen molar-refractivity contribution >= 4 is 12.2 Å². The molecule has 0 radical (unpaired) electrons. The maximum atomic E-state index is 12.9. The van der Waals surface area contributed by atoms with Crippen LogP contribution in [-0.2, 0) is 6.18 Å². The van der Waals surface area contributed by atoms with Crippen LogP contribution in [0.1, 0.15) is 22.3 Å². The minimum Gasteiger partial charge on any atom is -0.265 e. The Bertz CT molecular complexity index is 586. The second-order valence-corrected chi connectivity index (χ2v) is 4.20. The van der Waals surface area contributed by atoms with Gasteiger partial charge >= 0.3 is 6.18 Å².